The number of nitrogens with two attached hydrogens (primary N) is 1. The van der Waals surface area contributed by atoms with Gasteiger partial charge in [0, 0.05) is 5.56 Å². The van der Waals surface area contributed by atoms with Crippen molar-refractivity contribution >= 4 is 0 Å². The fourth-order valence-corrected chi connectivity index (χ4v) is 1.88. The van der Waals surface area contributed by atoms with Crippen LogP contribution in [0.4, 0.5) is 0 Å². The minimum absolute atomic E-state index is 0.0255. The number of para-hydroxylation sites is 1. The third kappa shape index (κ3) is 3.24. The van der Waals surface area contributed by atoms with Crippen LogP contribution in [-0.4, -0.2) is 14.2 Å². The molecule has 1 aromatic carbocycles. The number of nitrogens with one attached hydrogen (secondary N) is 1. The summed E-state index contributed by atoms with van der Waals surface area (Å²) < 4.78 is 10.7. The van der Waals surface area contributed by atoms with Crippen molar-refractivity contribution in [1.82, 2.24) is 5.43 Å². The van der Waals surface area contributed by atoms with E-state index in [2.05, 4.69) is 18.9 Å². The lowest BCUT2D eigenvalue weighted by Crippen LogP contribution is -2.28. The van der Waals surface area contributed by atoms with Gasteiger partial charge in [0.2, 0.25) is 0 Å². The standard InChI is InChI=1S/C14H22N2O2/c1-5-10(2)9-12(16-15)11-7-6-8-13(17-3)14(11)18-4/h6-8,12,16H,2,5,9,15H2,1,3-4H3. The number of hydrazine groups is 1. The Morgan fingerprint density at radius 2 is 2.11 bits per heavy atom. The summed E-state index contributed by atoms with van der Waals surface area (Å²) in [7, 11) is 3.25. The molecule has 1 unspecified atom stereocenters. The molecule has 4 nitrogen and oxygen atoms in total. The first-order valence-corrected chi connectivity index (χ1v) is 6.01. The summed E-state index contributed by atoms with van der Waals surface area (Å²) in [6, 6.07) is 5.75. The average molecular weight is 250 g/mol. The van der Waals surface area contributed by atoms with Crippen molar-refractivity contribution in [3.8, 4) is 11.5 Å². The molecule has 1 aromatic rings. The first-order valence-electron chi connectivity index (χ1n) is 6.01. The highest BCUT2D eigenvalue weighted by Crippen LogP contribution is 2.36. The first kappa shape index (κ1) is 14.5. The summed E-state index contributed by atoms with van der Waals surface area (Å²) in [5.74, 6) is 7.06. The van der Waals surface area contributed by atoms with E-state index in [0.717, 1.165) is 24.0 Å². The highest BCUT2D eigenvalue weighted by atomic mass is 16.5. The third-order valence-electron chi connectivity index (χ3n) is 3.00. The molecule has 3 N–H and O–H groups in total. The Morgan fingerprint density at radius 1 is 1.39 bits per heavy atom. The van der Waals surface area contributed by atoms with Crippen molar-refractivity contribution in [1.29, 1.82) is 0 Å². The van der Waals surface area contributed by atoms with Gasteiger partial charge in [-0.25, -0.2) is 0 Å². The highest BCUT2D eigenvalue weighted by Gasteiger charge is 2.18. The number of hydrogen-bond donors (Lipinski definition) is 2. The number of rotatable bonds is 7. The molecule has 0 aliphatic rings. The lowest BCUT2D eigenvalue weighted by atomic mass is 9.98. The van der Waals surface area contributed by atoms with Crippen molar-refractivity contribution in [2.75, 3.05) is 14.2 Å². The van der Waals surface area contributed by atoms with Crippen molar-refractivity contribution < 1.29 is 9.47 Å². The van der Waals surface area contributed by atoms with E-state index in [0.29, 0.717) is 11.5 Å². The van der Waals surface area contributed by atoms with Crippen LogP contribution in [0.5, 0.6) is 11.5 Å². The van der Waals surface area contributed by atoms with Gasteiger partial charge in [-0.15, -0.1) is 0 Å². The number of hydrogen-bond acceptors (Lipinski definition) is 4. The van der Waals surface area contributed by atoms with E-state index >= 15 is 0 Å². The fraction of sp³-hybridized carbons (Fsp3) is 0.429. The molecule has 4 heteroatoms. The predicted octanol–water partition coefficient (Wildman–Crippen LogP) is 2.56. The average Bonchev–Trinajstić information content (AvgIpc) is 2.43. The second-order valence-corrected chi connectivity index (χ2v) is 4.11. The maximum Gasteiger partial charge on any atom is 0.165 e. The first-order chi connectivity index (χ1) is 8.67. The molecule has 0 spiro atoms. The van der Waals surface area contributed by atoms with Crippen molar-refractivity contribution in [2.45, 2.75) is 25.8 Å². The van der Waals surface area contributed by atoms with Gasteiger partial charge < -0.3 is 9.47 Å². The quantitative estimate of drug-likeness (QED) is 0.443. The summed E-state index contributed by atoms with van der Waals surface area (Å²) in [4.78, 5) is 0. The molecule has 0 amide bonds. The molecule has 100 valence electrons. The van der Waals surface area contributed by atoms with E-state index < -0.39 is 0 Å². The minimum atomic E-state index is -0.0255. The molecule has 1 atom stereocenters. The molecular formula is C14H22N2O2. The summed E-state index contributed by atoms with van der Waals surface area (Å²) >= 11 is 0. The summed E-state index contributed by atoms with van der Waals surface area (Å²) in [6.45, 7) is 6.10. The zero-order valence-corrected chi connectivity index (χ0v) is 11.3. The molecule has 0 bridgehead atoms. The van der Waals surface area contributed by atoms with Gasteiger partial charge in [0.25, 0.3) is 0 Å². The molecule has 0 saturated carbocycles. The Bertz CT molecular complexity index is 405. The van der Waals surface area contributed by atoms with Gasteiger partial charge in [-0.3, -0.25) is 11.3 Å². The van der Waals surface area contributed by atoms with Crippen LogP contribution in [0.2, 0.25) is 0 Å². The maximum absolute atomic E-state index is 5.64. The highest BCUT2D eigenvalue weighted by molar-refractivity contribution is 5.48. The Morgan fingerprint density at radius 3 is 2.61 bits per heavy atom. The van der Waals surface area contributed by atoms with Gasteiger partial charge >= 0.3 is 0 Å². The SMILES string of the molecule is C=C(CC)CC(NN)c1cccc(OC)c1OC. The van der Waals surface area contributed by atoms with Gasteiger partial charge in [0.15, 0.2) is 11.5 Å². The molecule has 0 aliphatic heterocycles. The topological polar surface area (TPSA) is 56.5 Å². The van der Waals surface area contributed by atoms with Crippen molar-refractivity contribution in [2.24, 2.45) is 5.84 Å². The largest absolute Gasteiger partial charge is 0.493 e. The zero-order chi connectivity index (χ0) is 13.5. The van der Waals surface area contributed by atoms with Gasteiger partial charge in [0.1, 0.15) is 0 Å². The molecule has 0 radical (unpaired) electrons. The zero-order valence-electron chi connectivity index (χ0n) is 11.3. The monoisotopic (exact) mass is 250 g/mol. The fourth-order valence-electron chi connectivity index (χ4n) is 1.88. The number of methoxy groups -OCH3 is 2. The second kappa shape index (κ2) is 7.03. The molecule has 0 saturated heterocycles. The second-order valence-electron chi connectivity index (χ2n) is 4.11. The van der Waals surface area contributed by atoms with E-state index in [4.69, 9.17) is 15.3 Å². The Kier molecular flexibility index (Phi) is 5.68. The maximum atomic E-state index is 5.64. The van der Waals surface area contributed by atoms with Gasteiger partial charge in [0.05, 0.1) is 20.3 Å². The summed E-state index contributed by atoms with van der Waals surface area (Å²) in [6.07, 6.45) is 1.71. The number of benzene rings is 1. The van der Waals surface area contributed by atoms with Gasteiger partial charge in [-0.2, -0.15) is 0 Å². The summed E-state index contributed by atoms with van der Waals surface area (Å²) in [5.41, 5.74) is 4.94. The predicted molar refractivity (Wildman–Crippen MR) is 73.7 cm³/mol. The molecule has 0 aromatic heterocycles. The Labute approximate surface area is 109 Å². The molecule has 0 heterocycles. The van der Waals surface area contributed by atoms with Gasteiger partial charge in [-0.1, -0.05) is 31.2 Å². The van der Waals surface area contributed by atoms with Crippen LogP contribution in [0.1, 0.15) is 31.4 Å². The van der Waals surface area contributed by atoms with E-state index in [-0.39, 0.29) is 6.04 Å². The smallest absolute Gasteiger partial charge is 0.165 e. The molecule has 18 heavy (non-hydrogen) atoms. The molecular weight excluding hydrogens is 228 g/mol. The lowest BCUT2D eigenvalue weighted by molar-refractivity contribution is 0.346. The molecule has 0 aliphatic carbocycles. The van der Waals surface area contributed by atoms with E-state index in [9.17, 15) is 0 Å². The van der Waals surface area contributed by atoms with Crippen molar-refractivity contribution in [3.63, 3.8) is 0 Å². The molecule has 1 rings (SSSR count). The van der Waals surface area contributed by atoms with Crippen LogP contribution in [0, 0.1) is 0 Å². The lowest BCUT2D eigenvalue weighted by Gasteiger charge is -2.21. The van der Waals surface area contributed by atoms with Crippen LogP contribution in [0.25, 0.3) is 0 Å². The van der Waals surface area contributed by atoms with Crippen LogP contribution < -0.4 is 20.7 Å². The third-order valence-corrected chi connectivity index (χ3v) is 3.00. The number of ether oxygens (including phenoxy) is 2. The van der Waals surface area contributed by atoms with Crippen LogP contribution in [-0.2, 0) is 0 Å². The van der Waals surface area contributed by atoms with Crippen molar-refractivity contribution in [3.05, 3.63) is 35.9 Å². The summed E-state index contributed by atoms with van der Waals surface area (Å²) in [5, 5.41) is 0. The van der Waals surface area contributed by atoms with E-state index in [1.807, 2.05) is 18.2 Å². The minimum Gasteiger partial charge on any atom is -0.493 e. The Balaban J connectivity index is 3.08. The Hall–Kier alpha value is -1.52. The molecule has 0 fully saturated rings. The normalized spacial score (nSPS) is 12.0. The van der Waals surface area contributed by atoms with Gasteiger partial charge in [-0.05, 0) is 18.9 Å². The van der Waals surface area contributed by atoms with E-state index in [1.165, 1.54) is 0 Å². The van der Waals surface area contributed by atoms with Crippen LogP contribution in [0.3, 0.4) is 0 Å². The van der Waals surface area contributed by atoms with Crippen LogP contribution >= 0.6 is 0 Å². The van der Waals surface area contributed by atoms with E-state index in [1.54, 1.807) is 14.2 Å². The van der Waals surface area contributed by atoms with Crippen LogP contribution in [0.15, 0.2) is 30.4 Å².